The smallest absolute Gasteiger partial charge is 0.212 e. The molecule has 104 valence electrons. The Morgan fingerprint density at radius 1 is 0.882 bits per heavy atom. The average Bonchev–Trinajstić information content (AvgIpc) is 2.27. The van der Waals surface area contributed by atoms with Crippen molar-refractivity contribution in [1.82, 2.24) is 4.31 Å². The molecular formula is C13H29NO2S. The van der Waals surface area contributed by atoms with Gasteiger partial charge in [0.25, 0.3) is 0 Å². The third-order valence-electron chi connectivity index (χ3n) is 2.98. The quantitative estimate of drug-likeness (QED) is 0.566. The van der Waals surface area contributed by atoms with Crippen LogP contribution in [0.1, 0.15) is 66.2 Å². The molecular weight excluding hydrogens is 234 g/mol. The number of hydrogen-bond acceptors (Lipinski definition) is 2. The fourth-order valence-electron chi connectivity index (χ4n) is 1.74. The van der Waals surface area contributed by atoms with Gasteiger partial charge in [0.15, 0.2) is 0 Å². The molecule has 0 spiro atoms. The minimum Gasteiger partial charge on any atom is -0.212 e. The maximum absolute atomic E-state index is 12.1. The summed E-state index contributed by atoms with van der Waals surface area (Å²) in [5, 5.41) is -0.300. The monoisotopic (exact) mass is 263 g/mol. The number of nitrogens with zero attached hydrogens (tertiary/aromatic N) is 1. The van der Waals surface area contributed by atoms with Crippen LogP contribution in [-0.4, -0.2) is 31.1 Å². The lowest BCUT2D eigenvalue weighted by molar-refractivity contribution is 0.385. The molecule has 3 nitrogen and oxygen atoms in total. The Morgan fingerprint density at radius 3 is 1.59 bits per heavy atom. The Balaban J connectivity index is 4.39. The second kappa shape index (κ2) is 8.92. The minimum atomic E-state index is -3.07. The fraction of sp³-hybridized carbons (Fsp3) is 1.00. The summed E-state index contributed by atoms with van der Waals surface area (Å²) in [5.41, 5.74) is 0. The molecule has 0 saturated heterocycles. The molecule has 4 heteroatoms. The van der Waals surface area contributed by atoms with Gasteiger partial charge in [0, 0.05) is 13.1 Å². The van der Waals surface area contributed by atoms with Gasteiger partial charge in [-0.15, -0.1) is 0 Å². The Labute approximate surface area is 108 Å². The van der Waals surface area contributed by atoms with Crippen LogP contribution in [0.4, 0.5) is 0 Å². The van der Waals surface area contributed by atoms with E-state index in [1.807, 2.05) is 0 Å². The highest BCUT2D eigenvalue weighted by Gasteiger charge is 2.24. The molecule has 0 aliphatic rings. The molecule has 0 saturated carbocycles. The van der Waals surface area contributed by atoms with Gasteiger partial charge in [-0.1, -0.05) is 39.5 Å². The summed E-state index contributed by atoms with van der Waals surface area (Å²) in [5.74, 6) is 0. The molecule has 0 aliphatic carbocycles. The normalized spacial score (nSPS) is 12.6. The molecule has 0 atom stereocenters. The van der Waals surface area contributed by atoms with Crippen molar-refractivity contribution in [3.05, 3.63) is 0 Å². The van der Waals surface area contributed by atoms with Crippen molar-refractivity contribution < 1.29 is 8.42 Å². The molecule has 0 bridgehead atoms. The topological polar surface area (TPSA) is 37.4 Å². The third-order valence-corrected chi connectivity index (χ3v) is 5.25. The van der Waals surface area contributed by atoms with E-state index in [1.54, 1.807) is 18.2 Å². The number of sulfonamides is 1. The first-order chi connectivity index (χ1) is 7.96. The summed E-state index contributed by atoms with van der Waals surface area (Å²) in [6.45, 7) is 9.19. The van der Waals surface area contributed by atoms with Gasteiger partial charge in [-0.2, -0.15) is 0 Å². The van der Waals surface area contributed by atoms with Crippen LogP contribution in [0, 0.1) is 0 Å². The van der Waals surface area contributed by atoms with Gasteiger partial charge in [-0.05, 0) is 26.7 Å². The SMILES string of the molecule is CCCCCN(CCCCC)S(=O)(=O)C(C)C. The van der Waals surface area contributed by atoms with Gasteiger partial charge >= 0.3 is 0 Å². The zero-order valence-electron chi connectivity index (χ0n) is 11.9. The van der Waals surface area contributed by atoms with E-state index in [1.165, 1.54) is 0 Å². The Bertz CT molecular complexity index is 263. The van der Waals surface area contributed by atoms with Gasteiger partial charge in [0.2, 0.25) is 10.0 Å². The standard InChI is InChI=1S/C13H29NO2S/c1-5-7-9-11-14(12-10-8-6-2)17(15,16)13(3)4/h13H,5-12H2,1-4H3. The fourth-order valence-corrected chi connectivity index (χ4v) is 3.10. The molecule has 0 N–H and O–H groups in total. The van der Waals surface area contributed by atoms with Crippen molar-refractivity contribution in [2.24, 2.45) is 0 Å². The number of rotatable bonds is 10. The van der Waals surface area contributed by atoms with E-state index in [0.717, 1.165) is 38.5 Å². The summed E-state index contributed by atoms with van der Waals surface area (Å²) >= 11 is 0. The van der Waals surface area contributed by atoms with E-state index in [9.17, 15) is 8.42 Å². The molecule has 0 aromatic carbocycles. The molecule has 17 heavy (non-hydrogen) atoms. The second-order valence-corrected chi connectivity index (χ2v) is 7.40. The third kappa shape index (κ3) is 6.41. The molecule has 0 aliphatic heterocycles. The van der Waals surface area contributed by atoms with Crippen LogP contribution in [0.3, 0.4) is 0 Å². The van der Waals surface area contributed by atoms with Crippen molar-refractivity contribution in [1.29, 1.82) is 0 Å². The molecule has 0 aromatic heterocycles. The first kappa shape index (κ1) is 16.9. The summed E-state index contributed by atoms with van der Waals surface area (Å²) in [6.07, 6.45) is 6.44. The van der Waals surface area contributed by atoms with E-state index >= 15 is 0 Å². The summed E-state index contributed by atoms with van der Waals surface area (Å²) in [4.78, 5) is 0. The largest absolute Gasteiger partial charge is 0.216 e. The Morgan fingerprint density at radius 2 is 1.29 bits per heavy atom. The van der Waals surface area contributed by atoms with Crippen LogP contribution in [0.25, 0.3) is 0 Å². The van der Waals surface area contributed by atoms with E-state index in [0.29, 0.717) is 13.1 Å². The van der Waals surface area contributed by atoms with Crippen LogP contribution >= 0.6 is 0 Å². The van der Waals surface area contributed by atoms with Crippen molar-refractivity contribution in [3.63, 3.8) is 0 Å². The van der Waals surface area contributed by atoms with Gasteiger partial charge in [-0.3, -0.25) is 0 Å². The lowest BCUT2D eigenvalue weighted by Crippen LogP contribution is -2.37. The average molecular weight is 263 g/mol. The predicted molar refractivity (Wildman–Crippen MR) is 74.7 cm³/mol. The van der Waals surface area contributed by atoms with Crippen LogP contribution in [0.5, 0.6) is 0 Å². The van der Waals surface area contributed by atoms with Crippen LogP contribution in [-0.2, 0) is 10.0 Å². The van der Waals surface area contributed by atoms with E-state index in [2.05, 4.69) is 13.8 Å². The molecule has 0 amide bonds. The van der Waals surface area contributed by atoms with Gasteiger partial charge in [0.05, 0.1) is 5.25 Å². The molecule has 0 radical (unpaired) electrons. The van der Waals surface area contributed by atoms with Crippen molar-refractivity contribution in [2.75, 3.05) is 13.1 Å². The first-order valence-electron chi connectivity index (χ1n) is 6.95. The molecule has 0 aromatic rings. The minimum absolute atomic E-state index is 0.300. The molecule has 0 unspecified atom stereocenters. The highest BCUT2D eigenvalue weighted by atomic mass is 32.2. The predicted octanol–water partition coefficient (Wildman–Crippen LogP) is 3.41. The van der Waals surface area contributed by atoms with Crippen LogP contribution < -0.4 is 0 Å². The Kier molecular flexibility index (Phi) is 8.88. The van der Waals surface area contributed by atoms with E-state index in [4.69, 9.17) is 0 Å². The maximum atomic E-state index is 12.1. The maximum Gasteiger partial charge on any atom is 0.216 e. The lowest BCUT2D eigenvalue weighted by Gasteiger charge is -2.24. The molecule has 0 rings (SSSR count). The van der Waals surface area contributed by atoms with E-state index in [-0.39, 0.29) is 5.25 Å². The number of unbranched alkanes of at least 4 members (excludes halogenated alkanes) is 4. The molecule has 0 fully saturated rings. The molecule has 0 heterocycles. The van der Waals surface area contributed by atoms with Crippen LogP contribution in [0.2, 0.25) is 0 Å². The van der Waals surface area contributed by atoms with Gasteiger partial charge < -0.3 is 0 Å². The van der Waals surface area contributed by atoms with Crippen LogP contribution in [0.15, 0.2) is 0 Å². The summed E-state index contributed by atoms with van der Waals surface area (Å²) in [7, 11) is -3.07. The first-order valence-corrected chi connectivity index (χ1v) is 8.46. The van der Waals surface area contributed by atoms with Crippen molar-refractivity contribution in [3.8, 4) is 0 Å². The zero-order chi connectivity index (χ0) is 13.3. The highest BCUT2D eigenvalue weighted by Crippen LogP contribution is 2.12. The van der Waals surface area contributed by atoms with Gasteiger partial charge in [0.1, 0.15) is 0 Å². The second-order valence-electron chi connectivity index (χ2n) is 4.91. The highest BCUT2D eigenvalue weighted by molar-refractivity contribution is 7.89. The number of hydrogen-bond donors (Lipinski definition) is 0. The summed E-state index contributed by atoms with van der Waals surface area (Å²) < 4.78 is 26.0. The van der Waals surface area contributed by atoms with Gasteiger partial charge in [-0.25, -0.2) is 12.7 Å². The zero-order valence-corrected chi connectivity index (χ0v) is 12.7. The summed E-state index contributed by atoms with van der Waals surface area (Å²) in [6, 6.07) is 0. The van der Waals surface area contributed by atoms with Crippen molar-refractivity contribution in [2.45, 2.75) is 71.5 Å². The lowest BCUT2D eigenvalue weighted by atomic mass is 10.2. The van der Waals surface area contributed by atoms with Crippen molar-refractivity contribution >= 4 is 10.0 Å². The van der Waals surface area contributed by atoms with E-state index < -0.39 is 10.0 Å². The Hall–Kier alpha value is -0.0900.